The maximum absolute atomic E-state index is 10.8. The molecule has 0 fully saturated rings. The first kappa shape index (κ1) is 9.23. The number of carbonyl (C=O) groups excluding carboxylic acids is 1. The molecular formula is C9H9N3O. The molecule has 0 atom stereocenters. The molecule has 4 nitrogen and oxygen atoms in total. The summed E-state index contributed by atoms with van der Waals surface area (Å²) in [6.45, 7) is 1.37. The van der Waals surface area contributed by atoms with Crippen LogP contribution in [0.4, 0.5) is 5.69 Å². The van der Waals surface area contributed by atoms with Crippen molar-refractivity contribution in [2.24, 2.45) is 5.84 Å². The van der Waals surface area contributed by atoms with Crippen molar-refractivity contribution in [3.63, 3.8) is 0 Å². The predicted octanol–water partition coefficient (Wildman–Crippen LogP) is 0.785. The van der Waals surface area contributed by atoms with E-state index in [0.717, 1.165) is 5.01 Å². The van der Waals surface area contributed by atoms with Crippen molar-refractivity contribution in [3.8, 4) is 6.07 Å². The Hall–Kier alpha value is -1.86. The zero-order valence-electron chi connectivity index (χ0n) is 7.19. The zero-order valence-corrected chi connectivity index (χ0v) is 7.19. The van der Waals surface area contributed by atoms with Crippen LogP contribution in [0.2, 0.25) is 0 Å². The van der Waals surface area contributed by atoms with Crippen LogP contribution in [0.15, 0.2) is 24.3 Å². The van der Waals surface area contributed by atoms with Gasteiger partial charge in [-0.15, -0.1) is 0 Å². The second-order valence-corrected chi connectivity index (χ2v) is 2.55. The van der Waals surface area contributed by atoms with Crippen LogP contribution in [0.5, 0.6) is 0 Å². The first-order chi connectivity index (χ1) is 6.15. The molecule has 0 aromatic heterocycles. The van der Waals surface area contributed by atoms with Crippen molar-refractivity contribution in [1.29, 1.82) is 5.26 Å². The quantitative estimate of drug-likeness (QED) is 0.389. The molecule has 0 aliphatic carbocycles. The van der Waals surface area contributed by atoms with Crippen molar-refractivity contribution >= 4 is 11.6 Å². The van der Waals surface area contributed by atoms with E-state index in [1.807, 2.05) is 6.07 Å². The highest BCUT2D eigenvalue weighted by Gasteiger charge is 2.04. The molecule has 0 aliphatic heterocycles. The largest absolute Gasteiger partial charge is 0.273 e. The number of hydrazine groups is 1. The molecule has 4 heteroatoms. The van der Waals surface area contributed by atoms with Gasteiger partial charge in [-0.1, -0.05) is 0 Å². The average molecular weight is 175 g/mol. The standard InChI is InChI=1S/C9H9N3O/c1-7(13)12(11)9-4-2-8(6-10)3-5-9/h2-5H,11H2,1H3. The molecule has 66 valence electrons. The molecule has 1 amide bonds. The molecule has 0 bridgehead atoms. The number of amides is 1. The first-order valence-corrected chi connectivity index (χ1v) is 3.70. The summed E-state index contributed by atoms with van der Waals surface area (Å²) in [6.07, 6.45) is 0. The van der Waals surface area contributed by atoms with Gasteiger partial charge in [0.15, 0.2) is 0 Å². The lowest BCUT2D eigenvalue weighted by molar-refractivity contribution is -0.116. The summed E-state index contributed by atoms with van der Waals surface area (Å²) in [5.41, 5.74) is 1.12. The second kappa shape index (κ2) is 3.70. The van der Waals surface area contributed by atoms with Crippen LogP contribution in [-0.4, -0.2) is 5.91 Å². The van der Waals surface area contributed by atoms with E-state index in [2.05, 4.69) is 0 Å². The van der Waals surface area contributed by atoms with E-state index in [0.29, 0.717) is 11.3 Å². The summed E-state index contributed by atoms with van der Waals surface area (Å²) >= 11 is 0. The third kappa shape index (κ3) is 2.04. The summed E-state index contributed by atoms with van der Waals surface area (Å²) in [5, 5.41) is 9.54. The Morgan fingerprint density at radius 3 is 2.38 bits per heavy atom. The van der Waals surface area contributed by atoms with Crippen LogP contribution in [0.3, 0.4) is 0 Å². The Labute approximate surface area is 76.2 Å². The molecule has 13 heavy (non-hydrogen) atoms. The highest BCUT2D eigenvalue weighted by molar-refractivity contribution is 5.90. The smallest absolute Gasteiger partial charge is 0.238 e. The van der Waals surface area contributed by atoms with Crippen LogP contribution >= 0.6 is 0 Å². The molecule has 1 rings (SSSR count). The normalized spacial score (nSPS) is 9.00. The van der Waals surface area contributed by atoms with Gasteiger partial charge in [0.05, 0.1) is 17.3 Å². The van der Waals surface area contributed by atoms with E-state index in [9.17, 15) is 4.79 Å². The van der Waals surface area contributed by atoms with Crippen LogP contribution in [0.1, 0.15) is 12.5 Å². The molecule has 0 aliphatic rings. The second-order valence-electron chi connectivity index (χ2n) is 2.55. The van der Waals surface area contributed by atoms with Crippen molar-refractivity contribution in [2.75, 3.05) is 5.01 Å². The number of nitrogens with zero attached hydrogens (tertiary/aromatic N) is 2. The van der Waals surface area contributed by atoms with Gasteiger partial charge in [-0.3, -0.25) is 4.79 Å². The fourth-order valence-corrected chi connectivity index (χ4v) is 0.878. The molecule has 0 heterocycles. The molecule has 0 spiro atoms. The topological polar surface area (TPSA) is 70.1 Å². The van der Waals surface area contributed by atoms with Crippen LogP contribution < -0.4 is 10.9 Å². The lowest BCUT2D eigenvalue weighted by atomic mass is 10.2. The van der Waals surface area contributed by atoms with E-state index in [1.165, 1.54) is 6.92 Å². The monoisotopic (exact) mass is 175 g/mol. The molecule has 0 unspecified atom stereocenters. The number of nitrogens with two attached hydrogens (primary N) is 1. The molecule has 0 saturated carbocycles. The summed E-state index contributed by atoms with van der Waals surface area (Å²) in [7, 11) is 0. The first-order valence-electron chi connectivity index (χ1n) is 3.70. The van der Waals surface area contributed by atoms with Crippen molar-refractivity contribution < 1.29 is 4.79 Å². The molecule has 0 radical (unpaired) electrons. The van der Waals surface area contributed by atoms with Gasteiger partial charge in [-0.2, -0.15) is 5.26 Å². The fraction of sp³-hybridized carbons (Fsp3) is 0.111. The van der Waals surface area contributed by atoms with E-state index >= 15 is 0 Å². The summed E-state index contributed by atoms with van der Waals surface area (Å²) < 4.78 is 0. The molecule has 0 saturated heterocycles. The summed E-state index contributed by atoms with van der Waals surface area (Å²) in [4.78, 5) is 10.8. The van der Waals surface area contributed by atoms with Gasteiger partial charge in [0.2, 0.25) is 5.91 Å². The van der Waals surface area contributed by atoms with Gasteiger partial charge in [0.25, 0.3) is 0 Å². The lowest BCUT2D eigenvalue weighted by Crippen LogP contribution is -2.35. The van der Waals surface area contributed by atoms with Crippen LogP contribution in [0, 0.1) is 11.3 Å². The number of benzene rings is 1. The van der Waals surface area contributed by atoms with Gasteiger partial charge in [-0.05, 0) is 24.3 Å². The molecule has 1 aromatic carbocycles. The minimum atomic E-state index is -0.246. The Kier molecular flexibility index (Phi) is 2.62. The number of rotatable bonds is 1. The number of hydrogen-bond acceptors (Lipinski definition) is 3. The highest BCUT2D eigenvalue weighted by Crippen LogP contribution is 2.11. The lowest BCUT2D eigenvalue weighted by Gasteiger charge is -2.13. The van der Waals surface area contributed by atoms with Gasteiger partial charge < -0.3 is 0 Å². The Morgan fingerprint density at radius 1 is 1.46 bits per heavy atom. The van der Waals surface area contributed by atoms with Gasteiger partial charge in [0.1, 0.15) is 0 Å². The third-order valence-corrected chi connectivity index (χ3v) is 1.61. The summed E-state index contributed by atoms with van der Waals surface area (Å²) in [6, 6.07) is 8.45. The number of carbonyl (C=O) groups is 1. The summed E-state index contributed by atoms with van der Waals surface area (Å²) in [5.74, 6) is 5.18. The van der Waals surface area contributed by atoms with E-state index < -0.39 is 0 Å². The van der Waals surface area contributed by atoms with Crippen molar-refractivity contribution in [3.05, 3.63) is 29.8 Å². The number of hydrogen-bond donors (Lipinski definition) is 1. The molecule has 2 N–H and O–H groups in total. The van der Waals surface area contributed by atoms with E-state index in [4.69, 9.17) is 11.1 Å². The van der Waals surface area contributed by atoms with Crippen LogP contribution in [-0.2, 0) is 4.79 Å². The van der Waals surface area contributed by atoms with Gasteiger partial charge >= 0.3 is 0 Å². The molecule has 1 aromatic rings. The maximum Gasteiger partial charge on any atom is 0.238 e. The molecular weight excluding hydrogens is 166 g/mol. The highest BCUT2D eigenvalue weighted by atomic mass is 16.2. The SMILES string of the molecule is CC(=O)N(N)c1ccc(C#N)cc1. The number of nitriles is 1. The Bertz CT molecular complexity index is 350. The number of anilines is 1. The maximum atomic E-state index is 10.8. The average Bonchev–Trinajstić information content (AvgIpc) is 2.17. The predicted molar refractivity (Wildman–Crippen MR) is 48.5 cm³/mol. The van der Waals surface area contributed by atoms with Crippen molar-refractivity contribution in [2.45, 2.75) is 6.92 Å². The third-order valence-electron chi connectivity index (χ3n) is 1.61. The fourth-order valence-electron chi connectivity index (χ4n) is 0.878. The Morgan fingerprint density at radius 2 is 2.00 bits per heavy atom. The van der Waals surface area contributed by atoms with E-state index in [-0.39, 0.29) is 5.91 Å². The minimum Gasteiger partial charge on any atom is -0.273 e. The van der Waals surface area contributed by atoms with E-state index in [1.54, 1.807) is 24.3 Å². The van der Waals surface area contributed by atoms with Gasteiger partial charge in [0, 0.05) is 6.92 Å². The van der Waals surface area contributed by atoms with Crippen molar-refractivity contribution in [1.82, 2.24) is 0 Å². The Balaban J connectivity index is 2.93. The minimum absolute atomic E-state index is 0.246. The zero-order chi connectivity index (χ0) is 9.84. The van der Waals surface area contributed by atoms with Crippen LogP contribution in [0.25, 0.3) is 0 Å². The van der Waals surface area contributed by atoms with Gasteiger partial charge in [-0.25, -0.2) is 10.9 Å².